The minimum atomic E-state index is -0.884. The summed E-state index contributed by atoms with van der Waals surface area (Å²) in [6.07, 6.45) is 0. The molecule has 0 aliphatic heterocycles. The molecule has 110 valence electrons. The summed E-state index contributed by atoms with van der Waals surface area (Å²) in [7, 11) is 0. The third-order valence-electron chi connectivity index (χ3n) is 3.28. The molecular formula is C16H15Cl2NO2. The third kappa shape index (κ3) is 4.13. The molecule has 2 rings (SSSR count). The first kappa shape index (κ1) is 15.7. The van der Waals surface area contributed by atoms with Crippen LogP contribution in [0.1, 0.15) is 18.5 Å². The highest BCUT2D eigenvalue weighted by atomic mass is 35.5. The Kier molecular flexibility index (Phi) is 5.10. The molecule has 0 aliphatic carbocycles. The molecule has 2 aromatic rings. The average molecular weight is 324 g/mol. The molecule has 2 aromatic carbocycles. The summed E-state index contributed by atoms with van der Waals surface area (Å²) >= 11 is 11.8. The van der Waals surface area contributed by atoms with E-state index in [4.69, 9.17) is 28.3 Å². The smallest absolute Gasteiger partial charge is 0.323 e. The normalized spacial score (nSPS) is 12.0. The van der Waals surface area contributed by atoms with E-state index in [1.54, 1.807) is 24.3 Å². The molecule has 1 atom stereocenters. The standard InChI is InChI=1S/C16H15Cl2NO2/c1-11(12-2-4-13(17)5-3-12)19(10-16(20)21)15-8-6-14(18)7-9-15/h2-9,11H,10H2,1H3,(H,20,21). The summed E-state index contributed by atoms with van der Waals surface area (Å²) in [4.78, 5) is 13.0. The lowest BCUT2D eigenvalue weighted by Crippen LogP contribution is -2.32. The van der Waals surface area contributed by atoms with Gasteiger partial charge < -0.3 is 10.0 Å². The molecular weight excluding hydrogens is 309 g/mol. The van der Waals surface area contributed by atoms with E-state index in [0.29, 0.717) is 10.0 Å². The van der Waals surface area contributed by atoms with Crippen molar-refractivity contribution >= 4 is 34.9 Å². The maximum Gasteiger partial charge on any atom is 0.323 e. The Morgan fingerprint density at radius 1 is 1.05 bits per heavy atom. The largest absolute Gasteiger partial charge is 0.480 e. The minimum absolute atomic E-state index is 0.0918. The zero-order valence-corrected chi connectivity index (χ0v) is 13.0. The number of halogens is 2. The van der Waals surface area contributed by atoms with Crippen molar-refractivity contribution in [1.82, 2.24) is 0 Å². The van der Waals surface area contributed by atoms with Gasteiger partial charge in [0.05, 0.1) is 6.04 Å². The van der Waals surface area contributed by atoms with Crippen molar-refractivity contribution < 1.29 is 9.90 Å². The number of nitrogens with zero attached hydrogens (tertiary/aromatic N) is 1. The number of rotatable bonds is 5. The molecule has 5 heteroatoms. The van der Waals surface area contributed by atoms with Crippen molar-refractivity contribution in [2.75, 3.05) is 11.4 Å². The third-order valence-corrected chi connectivity index (χ3v) is 3.79. The van der Waals surface area contributed by atoms with E-state index in [9.17, 15) is 4.79 Å². The fourth-order valence-corrected chi connectivity index (χ4v) is 2.40. The number of hydrogen-bond donors (Lipinski definition) is 1. The zero-order chi connectivity index (χ0) is 15.4. The highest BCUT2D eigenvalue weighted by Crippen LogP contribution is 2.28. The second-order valence-corrected chi connectivity index (χ2v) is 5.60. The van der Waals surface area contributed by atoms with E-state index in [0.717, 1.165) is 11.3 Å². The van der Waals surface area contributed by atoms with Crippen LogP contribution in [0, 0.1) is 0 Å². The van der Waals surface area contributed by atoms with Crippen LogP contribution in [0.4, 0.5) is 5.69 Å². The fraction of sp³-hybridized carbons (Fsp3) is 0.188. The van der Waals surface area contributed by atoms with Gasteiger partial charge in [0.1, 0.15) is 6.54 Å². The molecule has 0 aromatic heterocycles. The Morgan fingerprint density at radius 3 is 2.00 bits per heavy atom. The number of anilines is 1. The van der Waals surface area contributed by atoms with Gasteiger partial charge in [0.25, 0.3) is 0 Å². The van der Waals surface area contributed by atoms with Crippen LogP contribution in [0.5, 0.6) is 0 Å². The van der Waals surface area contributed by atoms with Crippen LogP contribution in [-0.2, 0) is 4.79 Å². The van der Waals surface area contributed by atoms with Gasteiger partial charge in [-0.1, -0.05) is 35.3 Å². The van der Waals surface area contributed by atoms with Crippen molar-refractivity contribution in [3.8, 4) is 0 Å². The van der Waals surface area contributed by atoms with Crippen molar-refractivity contribution in [2.24, 2.45) is 0 Å². The molecule has 0 bridgehead atoms. The van der Waals surface area contributed by atoms with Gasteiger partial charge in [-0.3, -0.25) is 4.79 Å². The van der Waals surface area contributed by atoms with Crippen molar-refractivity contribution in [1.29, 1.82) is 0 Å². The maximum absolute atomic E-state index is 11.2. The molecule has 0 saturated carbocycles. The van der Waals surface area contributed by atoms with Gasteiger partial charge in [0, 0.05) is 15.7 Å². The van der Waals surface area contributed by atoms with Crippen LogP contribution in [0.25, 0.3) is 0 Å². The van der Waals surface area contributed by atoms with E-state index in [1.807, 2.05) is 36.1 Å². The van der Waals surface area contributed by atoms with E-state index in [-0.39, 0.29) is 12.6 Å². The lowest BCUT2D eigenvalue weighted by Gasteiger charge is -2.30. The van der Waals surface area contributed by atoms with E-state index in [1.165, 1.54) is 0 Å². The second kappa shape index (κ2) is 6.83. The summed E-state index contributed by atoms with van der Waals surface area (Å²) in [6, 6.07) is 14.4. The molecule has 3 nitrogen and oxygen atoms in total. The first-order valence-corrected chi connectivity index (χ1v) is 7.22. The Hall–Kier alpha value is -1.71. The number of hydrogen-bond acceptors (Lipinski definition) is 2. The van der Waals surface area contributed by atoms with Gasteiger partial charge in [0.2, 0.25) is 0 Å². The lowest BCUT2D eigenvalue weighted by molar-refractivity contribution is -0.135. The van der Waals surface area contributed by atoms with Crippen LogP contribution < -0.4 is 4.90 Å². The van der Waals surface area contributed by atoms with Crippen LogP contribution in [0.2, 0.25) is 10.0 Å². The van der Waals surface area contributed by atoms with E-state index >= 15 is 0 Å². The van der Waals surface area contributed by atoms with E-state index in [2.05, 4.69) is 0 Å². The number of carboxylic acids is 1. The van der Waals surface area contributed by atoms with Gasteiger partial charge >= 0.3 is 5.97 Å². The van der Waals surface area contributed by atoms with Gasteiger partial charge in [-0.2, -0.15) is 0 Å². The Labute approximate surface area is 133 Å². The van der Waals surface area contributed by atoms with E-state index < -0.39 is 5.97 Å². The van der Waals surface area contributed by atoms with Crippen LogP contribution in [0.3, 0.4) is 0 Å². The molecule has 0 fully saturated rings. The SMILES string of the molecule is CC(c1ccc(Cl)cc1)N(CC(=O)O)c1ccc(Cl)cc1. The summed E-state index contributed by atoms with van der Waals surface area (Å²) in [5.41, 5.74) is 1.81. The maximum atomic E-state index is 11.2. The first-order chi connectivity index (χ1) is 9.97. The predicted molar refractivity (Wildman–Crippen MR) is 86.3 cm³/mol. The quantitative estimate of drug-likeness (QED) is 0.870. The molecule has 0 amide bonds. The zero-order valence-electron chi connectivity index (χ0n) is 11.5. The second-order valence-electron chi connectivity index (χ2n) is 4.73. The summed E-state index contributed by atoms with van der Waals surface area (Å²) in [6.45, 7) is 1.87. The molecule has 1 N–H and O–H groups in total. The molecule has 0 spiro atoms. The highest BCUT2D eigenvalue weighted by molar-refractivity contribution is 6.30. The Bertz CT molecular complexity index is 611. The minimum Gasteiger partial charge on any atom is -0.480 e. The summed E-state index contributed by atoms with van der Waals surface area (Å²) in [5, 5.41) is 10.4. The average Bonchev–Trinajstić information content (AvgIpc) is 2.46. The first-order valence-electron chi connectivity index (χ1n) is 6.47. The monoisotopic (exact) mass is 323 g/mol. The molecule has 0 aliphatic rings. The molecule has 0 heterocycles. The van der Waals surface area contributed by atoms with Crippen LogP contribution in [0.15, 0.2) is 48.5 Å². The summed E-state index contributed by atoms with van der Waals surface area (Å²) in [5.74, 6) is -0.884. The van der Waals surface area contributed by atoms with Gasteiger partial charge in [0.15, 0.2) is 0 Å². The lowest BCUT2D eigenvalue weighted by atomic mass is 10.1. The van der Waals surface area contributed by atoms with Gasteiger partial charge in [-0.15, -0.1) is 0 Å². The van der Waals surface area contributed by atoms with Crippen molar-refractivity contribution in [3.05, 3.63) is 64.1 Å². The number of carboxylic acid groups (broad SMARTS) is 1. The molecule has 0 radical (unpaired) electrons. The Morgan fingerprint density at radius 2 is 1.52 bits per heavy atom. The fourth-order valence-electron chi connectivity index (χ4n) is 2.15. The van der Waals surface area contributed by atoms with Crippen molar-refractivity contribution in [2.45, 2.75) is 13.0 Å². The van der Waals surface area contributed by atoms with Gasteiger partial charge in [-0.05, 0) is 48.9 Å². The highest BCUT2D eigenvalue weighted by Gasteiger charge is 2.19. The Balaban J connectivity index is 2.32. The predicted octanol–water partition coefficient (Wildman–Crippen LogP) is 4.65. The molecule has 1 unspecified atom stereocenters. The van der Waals surface area contributed by atoms with Gasteiger partial charge in [-0.25, -0.2) is 0 Å². The van der Waals surface area contributed by atoms with Crippen LogP contribution >= 0.6 is 23.2 Å². The van der Waals surface area contributed by atoms with Crippen molar-refractivity contribution in [3.63, 3.8) is 0 Å². The van der Waals surface area contributed by atoms with Crippen LogP contribution in [-0.4, -0.2) is 17.6 Å². The summed E-state index contributed by atoms with van der Waals surface area (Å²) < 4.78 is 0. The number of aliphatic carboxylic acids is 1. The molecule has 0 saturated heterocycles. The number of benzene rings is 2. The molecule has 21 heavy (non-hydrogen) atoms. The topological polar surface area (TPSA) is 40.5 Å². The number of carbonyl (C=O) groups is 1.